The molecule has 0 bridgehead atoms. The number of likely N-dealkylation sites (N-methyl/N-ethyl adjacent to an activating group) is 1. The monoisotopic (exact) mass is 275 g/mol. The molecule has 2 rings (SSSR count). The second-order valence-corrected chi connectivity index (χ2v) is 6.10. The highest BCUT2D eigenvalue weighted by atomic mass is 16.5. The summed E-state index contributed by atoms with van der Waals surface area (Å²) in [7, 11) is 2.05. The molecule has 1 aromatic rings. The summed E-state index contributed by atoms with van der Waals surface area (Å²) in [5, 5.41) is 3.47. The minimum atomic E-state index is -0.0947. The summed E-state index contributed by atoms with van der Waals surface area (Å²) in [4.78, 5) is 0. The van der Waals surface area contributed by atoms with E-state index in [4.69, 9.17) is 4.74 Å². The third kappa shape index (κ3) is 3.24. The highest BCUT2D eigenvalue weighted by Crippen LogP contribution is 2.26. The molecule has 0 aromatic heterocycles. The summed E-state index contributed by atoms with van der Waals surface area (Å²) in [6, 6.07) is 7.39. The minimum Gasteiger partial charge on any atom is -0.374 e. The van der Waals surface area contributed by atoms with Gasteiger partial charge in [-0.15, -0.1) is 0 Å². The third-order valence-corrected chi connectivity index (χ3v) is 4.86. The van der Waals surface area contributed by atoms with Crippen molar-refractivity contribution in [3.63, 3.8) is 0 Å². The zero-order valence-electron chi connectivity index (χ0n) is 13.5. The summed E-state index contributed by atoms with van der Waals surface area (Å²) in [5.74, 6) is 0. The van der Waals surface area contributed by atoms with Crippen LogP contribution in [0.2, 0.25) is 0 Å². The molecule has 0 aliphatic heterocycles. The SMILES string of the molecule is CCOC(C)(CC)C(Cc1ccc2c(c1)CCC2)NC. The molecule has 0 fully saturated rings. The Morgan fingerprint density at radius 3 is 2.65 bits per heavy atom. The number of hydrogen-bond donors (Lipinski definition) is 1. The number of fused-ring (bicyclic) bond motifs is 1. The summed E-state index contributed by atoms with van der Waals surface area (Å²) in [6.07, 6.45) is 5.89. The summed E-state index contributed by atoms with van der Waals surface area (Å²) >= 11 is 0. The van der Waals surface area contributed by atoms with Crippen molar-refractivity contribution in [1.29, 1.82) is 0 Å². The van der Waals surface area contributed by atoms with Crippen LogP contribution in [0.5, 0.6) is 0 Å². The molecule has 0 amide bonds. The lowest BCUT2D eigenvalue weighted by Gasteiger charge is -2.37. The van der Waals surface area contributed by atoms with Gasteiger partial charge in [-0.3, -0.25) is 0 Å². The smallest absolute Gasteiger partial charge is 0.0807 e. The van der Waals surface area contributed by atoms with E-state index in [2.05, 4.69) is 44.3 Å². The number of benzene rings is 1. The Kier molecular flexibility index (Phi) is 5.22. The number of aryl methyl sites for hydroxylation is 2. The maximum atomic E-state index is 6.03. The Morgan fingerprint density at radius 1 is 1.25 bits per heavy atom. The molecule has 0 saturated carbocycles. The van der Waals surface area contributed by atoms with Gasteiger partial charge < -0.3 is 10.1 Å². The fourth-order valence-electron chi connectivity index (χ4n) is 3.39. The van der Waals surface area contributed by atoms with E-state index in [9.17, 15) is 0 Å². The Bertz CT molecular complexity index is 443. The van der Waals surface area contributed by atoms with Crippen molar-refractivity contribution in [2.24, 2.45) is 0 Å². The fourth-order valence-corrected chi connectivity index (χ4v) is 3.39. The molecule has 2 unspecified atom stereocenters. The van der Waals surface area contributed by atoms with Gasteiger partial charge in [0.1, 0.15) is 0 Å². The van der Waals surface area contributed by atoms with E-state index >= 15 is 0 Å². The molecule has 112 valence electrons. The molecule has 0 spiro atoms. The first-order chi connectivity index (χ1) is 9.62. The predicted molar refractivity (Wildman–Crippen MR) is 85.3 cm³/mol. The predicted octanol–water partition coefficient (Wildman–Crippen LogP) is 3.51. The van der Waals surface area contributed by atoms with Gasteiger partial charge >= 0.3 is 0 Å². The second kappa shape index (κ2) is 6.73. The first-order valence-electron chi connectivity index (χ1n) is 8.04. The van der Waals surface area contributed by atoms with E-state index in [1.165, 1.54) is 24.8 Å². The van der Waals surface area contributed by atoms with Gasteiger partial charge in [0.05, 0.1) is 5.60 Å². The molecule has 2 nitrogen and oxygen atoms in total. The van der Waals surface area contributed by atoms with Gasteiger partial charge in [-0.2, -0.15) is 0 Å². The molecule has 0 heterocycles. The second-order valence-electron chi connectivity index (χ2n) is 6.10. The molecule has 2 heteroatoms. The largest absolute Gasteiger partial charge is 0.374 e. The van der Waals surface area contributed by atoms with Crippen LogP contribution in [0.15, 0.2) is 18.2 Å². The van der Waals surface area contributed by atoms with Gasteiger partial charge in [0, 0.05) is 12.6 Å². The standard InChI is InChI=1S/C18H29NO/c1-5-18(3,20-6-2)17(19-4)13-14-10-11-15-8-7-9-16(15)12-14/h10-12,17,19H,5-9,13H2,1-4H3. The van der Waals surface area contributed by atoms with Gasteiger partial charge in [-0.05, 0) is 69.7 Å². The fraction of sp³-hybridized carbons (Fsp3) is 0.667. The van der Waals surface area contributed by atoms with E-state index < -0.39 is 0 Å². The van der Waals surface area contributed by atoms with Gasteiger partial charge in [0.15, 0.2) is 0 Å². The molecule has 1 aromatic carbocycles. The van der Waals surface area contributed by atoms with Gasteiger partial charge in [-0.1, -0.05) is 25.1 Å². The molecular weight excluding hydrogens is 246 g/mol. The summed E-state index contributed by atoms with van der Waals surface area (Å²) in [5.41, 5.74) is 4.46. The molecule has 0 saturated heterocycles. The Balaban J connectivity index is 2.13. The number of ether oxygens (including phenoxy) is 1. The highest BCUT2D eigenvalue weighted by molar-refractivity contribution is 5.35. The summed E-state index contributed by atoms with van der Waals surface area (Å²) < 4.78 is 6.03. The lowest BCUT2D eigenvalue weighted by atomic mass is 9.87. The van der Waals surface area contributed by atoms with Crippen molar-refractivity contribution < 1.29 is 4.74 Å². The number of hydrogen-bond acceptors (Lipinski definition) is 2. The molecule has 1 N–H and O–H groups in total. The summed E-state index contributed by atoms with van der Waals surface area (Å²) in [6.45, 7) is 7.29. The Labute approximate surface area is 123 Å². The van der Waals surface area contributed by atoms with Crippen molar-refractivity contribution >= 4 is 0 Å². The van der Waals surface area contributed by atoms with Gasteiger partial charge in [0.2, 0.25) is 0 Å². The van der Waals surface area contributed by atoms with Crippen LogP contribution in [-0.4, -0.2) is 25.3 Å². The topological polar surface area (TPSA) is 21.3 Å². The van der Waals surface area contributed by atoms with Crippen molar-refractivity contribution in [3.05, 3.63) is 34.9 Å². The molecule has 1 aliphatic rings. The molecule has 0 radical (unpaired) electrons. The molecule has 20 heavy (non-hydrogen) atoms. The van der Waals surface area contributed by atoms with E-state index in [0.29, 0.717) is 6.04 Å². The normalized spacial score (nSPS) is 18.6. The van der Waals surface area contributed by atoms with Crippen LogP contribution in [0, 0.1) is 0 Å². The minimum absolute atomic E-state index is 0.0947. The van der Waals surface area contributed by atoms with Crippen molar-refractivity contribution in [2.75, 3.05) is 13.7 Å². The van der Waals surface area contributed by atoms with E-state index in [-0.39, 0.29) is 5.60 Å². The maximum Gasteiger partial charge on any atom is 0.0807 e. The van der Waals surface area contributed by atoms with Crippen molar-refractivity contribution in [3.8, 4) is 0 Å². The van der Waals surface area contributed by atoms with Crippen LogP contribution in [0.1, 0.15) is 50.3 Å². The van der Waals surface area contributed by atoms with Crippen LogP contribution in [-0.2, 0) is 24.0 Å². The molecular formula is C18H29NO. The highest BCUT2D eigenvalue weighted by Gasteiger charge is 2.32. The average Bonchev–Trinajstić information content (AvgIpc) is 2.92. The van der Waals surface area contributed by atoms with Crippen LogP contribution in [0.4, 0.5) is 0 Å². The van der Waals surface area contributed by atoms with E-state index in [1.54, 1.807) is 11.1 Å². The maximum absolute atomic E-state index is 6.03. The average molecular weight is 275 g/mol. The van der Waals surface area contributed by atoms with E-state index in [0.717, 1.165) is 19.4 Å². The third-order valence-electron chi connectivity index (χ3n) is 4.86. The quantitative estimate of drug-likeness (QED) is 0.822. The number of rotatable bonds is 7. The first-order valence-corrected chi connectivity index (χ1v) is 8.04. The molecule has 1 aliphatic carbocycles. The first kappa shape index (κ1) is 15.5. The van der Waals surface area contributed by atoms with Gasteiger partial charge in [-0.25, -0.2) is 0 Å². The zero-order valence-corrected chi connectivity index (χ0v) is 13.5. The lowest BCUT2D eigenvalue weighted by Crippen LogP contribution is -2.50. The van der Waals surface area contributed by atoms with Gasteiger partial charge in [0.25, 0.3) is 0 Å². The van der Waals surface area contributed by atoms with Crippen LogP contribution >= 0.6 is 0 Å². The van der Waals surface area contributed by atoms with Crippen molar-refractivity contribution in [1.82, 2.24) is 5.32 Å². The van der Waals surface area contributed by atoms with E-state index in [1.807, 2.05) is 7.05 Å². The zero-order chi connectivity index (χ0) is 14.6. The van der Waals surface area contributed by atoms with Crippen LogP contribution < -0.4 is 5.32 Å². The Hall–Kier alpha value is -0.860. The van der Waals surface area contributed by atoms with Crippen molar-refractivity contribution in [2.45, 2.75) is 64.5 Å². The molecule has 2 atom stereocenters. The van der Waals surface area contributed by atoms with Crippen LogP contribution in [0.3, 0.4) is 0 Å². The number of nitrogens with one attached hydrogen (secondary N) is 1. The lowest BCUT2D eigenvalue weighted by molar-refractivity contribution is -0.0534. The Morgan fingerprint density at radius 2 is 2.00 bits per heavy atom. The van der Waals surface area contributed by atoms with Crippen LogP contribution in [0.25, 0.3) is 0 Å².